The van der Waals surface area contributed by atoms with Crippen molar-refractivity contribution in [1.82, 2.24) is 15.1 Å². The van der Waals surface area contributed by atoms with Gasteiger partial charge in [0.2, 0.25) is 0 Å². The van der Waals surface area contributed by atoms with Crippen LogP contribution in [0.3, 0.4) is 0 Å². The molecule has 2 heterocycles. The van der Waals surface area contributed by atoms with Crippen LogP contribution in [-0.2, 0) is 19.4 Å². The van der Waals surface area contributed by atoms with E-state index in [4.69, 9.17) is 5.10 Å². The summed E-state index contributed by atoms with van der Waals surface area (Å²) in [5.41, 5.74) is 4.54. The van der Waals surface area contributed by atoms with Crippen LogP contribution < -0.4 is 5.32 Å². The lowest BCUT2D eigenvalue weighted by Crippen LogP contribution is -2.25. The van der Waals surface area contributed by atoms with Crippen LogP contribution in [0, 0.1) is 5.92 Å². The van der Waals surface area contributed by atoms with Crippen molar-refractivity contribution in [2.45, 2.75) is 51.1 Å². The molecule has 0 atom stereocenters. The SMILES string of the molecule is C1Cc2c(CC3CC3)nn(C3CC3)c2CN1. The summed E-state index contributed by atoms with van der Waals surface area (Å²) in [6, 6.07) is 0.738. The van der Waals surface area contributed by atoms with Crippen LogP contribution in [0.25, 0.3) is 0 Å². The quantitative estimate of drug-likeness (QED) is 0.837. The van der Waals surface area contributed by atoms with Crippen molar-refractivity contribution >= 4 is 0 Å². The minimum absolute atomic E-state index is 0.738. The number of aromatic nitrogens is 2. The lowest BCUT2D eigenvalue weighted by molar-refractivity contribution is 0.549. The predicted molar refractivity (Wildman–Crippen MR) is 62.3 cm³/mol. The Labute approximate surface area is 96.2 Å². The summed E-state index contributed by atoms with van der Waals surface area (Å²) in [6.07, 6.45) is 8.01. The maximum Gasteiger partial charge on any atom is 0.0663 e. The molecule has 3 aliphatic rings. The molecule has 1 N–H and O–H groups in total. The zero-order valence-electron chi connectivity index (χ0n) is 9.71. The molecule has 0 aromatic carbocycles. The van der Waals surface area contributed by atoms with Gasteiger partial charge < -0.3 is 5.32 Å². The first-order chi connectivity index (χ1) is 7.92. The van der Waals surface area contributed by atoms with Crippen molar-refractivity contribution in [3.63, 3.8) is 0 Å². The molecule has 3 nitrogen and oxygen atoms in total. The largest absolute Gasteiger partial charge is 0.311 e. The van der Waals surface area contributed by atoms with E-state index in [1.54, 1.807) is 5.56 Å². The fraction of sp³-hybridized carbons (Fsp3) is 0.769. The summed E-state index contributed by atoms with van der Waals surface area (Å²) in [5, 5.41) is 8.40. The number of nitrogens with zero attached hydrogens (tertiary/aromatic N) is 2. The van der Waals surface area contributed by atoms with Gasteiger partial charge in [-0.15, -0.1) is 0 Å². The lowest BCUT2D eigenvalue weighted by Gasteiger charge is -2.15. The van der Waals surface area contributed by atoms with Crippen LogP contribution in [0.15, 0.2) is 0 Å². The maximum atomic E-state index is 4.91. The van der Waals surface area contributed by atoms with Crippen molar-refractivity contribution in [3.8, 4) is 0 Å². The Morgan fingerprint density at radius 1 is 1.25 bits per heavy atom. The van der Waals surface area contributed by atoms with Crippen LogP contribution in [-0.4, -0.2) is 16.3 Å². The predicted octanol–water partition coefficient (Wildman–Crippen LogP) is 1.82. The molecule has 2 aliphatic carbocycles. The molecular formula is C13H19N3. The molecule has 3 heteroatoms. The van der Waals surface area contributed by atoms with Crippen molar-refractivity contribution in [3.05, 3.63) is 17.0 Å². The van der Waals surface area contributed by atoms with E-state index in [1.807, 2.05) is 0 Å². The number of fused-ring (bicyclic) bond motifs is 1. The fourth-order valence-corrected chi connectivity index (χ4v) is 2.83. The van der Waals surface area contributed by atoms with Gasteiger partial charge in [0.15, 0.2) is 0 Å². The van der Waals surface area contributed by atoms with Gasteiger partial charge in [-0.3, -0.25) is 4.68 Å². The number of hydrogen-bond acceptors (Lipinski definition) is 2. The molecule has 4 rings (SSSR count). The van der Waals surface area contributed by atoms with E-state index in [9.17, 15) is 0 Å². The highest BCUT2D eigenvalue weighted by atomic mass is 15.3. The van der Waals surface area contributed by atoms with Gasteiger partial charge in [0.25, 0.3) is 0 Å². The highest BCUT2D eigenvalue weighted by Crippen LogP contribution is 2.39. The van der Waals surface area contributed by atoms with E-state index < -0.39 is 0 Å². The first kappa shape index (κ1) is 9.23. The Kier molecular flexibility index (Phi) is 1.92. The highest BCUT2D eigenvalue weighted by molar-refractivity contribution is 5.30. The Bertz CT molecular complexity index is 413. The molecular weight excluding hydrogens is 198 g/mol. The molecule has 0 bridgehead atoms. The summed E-state index contributed by atoms with van der Waals surface area (Å²) in [4.78, 5) is 0. The second-order valence-corrected chi connectivity index (χ2v) is 5.62. The average molecular weight is 217 g/mol. The molecule has 1 aromatic rings. The van der Waals surface area contributed by atoms with E-state index in [1.165, 1.54) is 49.9 Å². The molecule has 1 aliphatic heterocycles. The topological polar surface area (TPSA) is 29.9 Å². The first-order valence-corrected chi connectivity index (χ1v) is 6.71. The highest BCUT2D eigenvalue weighted by Gasteiger charge is 2.32. The van der Waals surface area contributed by atoms with Crippen LogP contribution in [0.4, 0.5) is 0 Å². The van der Waals surface area contributed by atoms with Gasteiger partial charge >= 0.3 is 0 Å². The van der Waals surface area contributed by atoms with Crippen LogP contribution in [0.2, 0.25) is 0 Å². The number of hydrogen-bond donors (Lipinski definition) is 1. The number of rotatable bonds is 3. The third-order valence-electron chi connectivity index (χ3n) is 4.12. The van der Waals surface area contributed by atoms with Crippen molar-refractivity contribution in [2.75, 3.05) is 6.54 Å². The zero-order valence-corrected chi connectivity index (χ0v) is 9.71. The van der Waals surface area contributed by atoms with Crippen molar-refractivity contribution < 1.29 is 0 Å². The van der Waals surface area contributed by atoms with Gasteiger partial charge in [-0.1, -0.05) is 0 Å². The smallest absolute Gasteiger partial charge is 0.0663 e. The standard InChI is InChI=1S/C13H19N3/c1-2-9(1)7-12-11-5-6-14-8-13(11)16(15-12)10-3-4-10/h9-10,14H,1-8H2. The normalized spacial score (nSPS) is 24.5. The maximum absolute atomic E-state index is 4.91. The van der Waals surface area contributed by atoms with Crippen LogP contribution in [0.5, 0.6) is 0 Å². The average Bonchev–Trinajstić information content (AvgIpc) is 3.19. The summed E-state index contributed by atoms with van der Waals surface area (Å²) in [6.45, 7) is 2.19. The molecule has 0 unspecified atom stereocenters. The minimum atomic E-state index is 0.738. The Morgan fingerprint density at radius 3 is 2.88 bits per heavy atom. The van der Waals surface area contributed by atoms with Crippen molar-refractivity contribution in [1.29, 1.82) is 0 Å². The zero-order chi connectivity index (χ0) is 10.5. The van der Waals surface area contributed by atoms with Gasteiger partial charge in [-0.05, 0) is 56.6 Å². The molecule has 86 valence electrons. The monoisotopic (exact) mass is 217 g/mol. The lowest BCUT2D eigenvalue weighted by atomic mass is 10.0. The molecule has 0 amide bonds. The molecule has 16 heavy (non-hydrogen) atoms. The third kappa shape index (κ3) is 1.49. The van der Waals surface area contributed by atoms with E-state index in [-0.39, 0.29) is 0 Å². The van der Waals surface area contributed by atoms with E-state index in [2.05, 4.69) is 10.00 Å². The van der Waals surface area contributed by atoms with Crippen molar-refractivity contribution in [2.24, 2.45) is 5.92 Å². The molecule has 0 spiro atoms. The number of nitrogens with one attached hydrogen (secondary N) is 1. The molecule has 1 aromatic heterocycles. The molecule has 2 saturated carbocycles. The van der Waals surface area contributed by atoms with E-state index in [0.29, 0.717) is 0 Å². The second-order valence-electron chi connectivity index (χ2n) is 5.62. The van der Waals surface area contributed by atoms with Gasteiger partial charge in [-0.2, -0.15) is 5.10 Å². The van der Waals surface area contributed by atoms with E-state index in [0.717, 1.165) is 25.0 Å². The summed E-state index contributed by atoms with van der Waals surface area (Å²) < 4.78 is 2.35. The van der Waals surface area contributed by atoms with Crippen LogP contribution >= 0.6 is 0 Å². The minimum Gasteiger partial charge on any atom is -0.311 e. The Balaban J connectivity index is 1.72. The van der Waals surface area contributed by atoms with Gasteiger partial charge in [0.1, 0.15) is 0 Å². The Morgan fingerprint density at radius 2 is 2.12 bits per heavy atom. The van der Waals surface area contributed by atoms with Gasteiger partial charge in [0.05, 0.1) is 17.4 Å². The van der Waals surface area contributed by atoms with Gasteiger partial charge in [0, 0.05) is 6.54 Å². The Hall–Kier alpha value is -0.830. The first-order valence-electron chi connectivity index (χ1n) is 6.71. The fourth-order valence-electron chi connectivity index (χ4n) is 2.83. The molecule has 2 fully saturated rings. The molecule has 0 saturated heterocycles. The van der Waals surface area contributed by atoms with Crippen LogP contribution in [0.1, 0.15) is 48.7 Å². The van der Waals surface area contributed by atoms with Gasteiger partial charge in [-0.25, -0.2) is 0 Å². The molecule has 0 radical (unpaired) electrons. The van der Waals surface area contributed by atoms with E-state index >= 15 is 0 Å². The summed E-state index contributed by atoms with van der Waals surface area (Å²) in [5.74, 6) is 0.960. The summed E-state index contributed by atoms with van der Waals surface area (Å²) >= 11 is 0. The third-order valence-corrected chi connectivity index (χ3v) is 4.12. The second kappa shape index (κ2) is 3.33. The summed E-state index contributed by atoms with van der Waals surface area (Å²) in [7, 11) is 0.